The van der Waals surface area contributed by atoms with Crippen molar-refractivity contribution < 1.29 is 69.6 Å². The Morgan fingerprint density at radius 1 is 1.12 bits per heavy atom. The maximum Gasteiger partial charge on any atom is 0.466 e. The molecule has 0 aromatic heterocycles. The van der Waals surface area contributed by atoms with Crippen molar-refractivity contribution in [3.8, 4) is 0 Å². The first kappa shape index (κ1) is 22.6. The van der Waals surface area contributed by atoms with E-state index in [0.717, 1.165) is 0 Å². The third kappa shape index (κ3) is 126. The van der Waals surface area contributed by atoms with Gasteiger partial charge >= 0.3 is 7.82 Å². The summed E-state index contributed by atoms with van der Waals surface area (Å²) in [6.45, 7) is 0. The Balaban J connectivity index is -0.0000000267. The van der Waals surface area contributed by atoms with Gasteiger partial charge < -0.3 is 14.7 Å². The molecule has 0 aromatic carbocycles. The maximum absolute atomic E-state index is 8.88. The third-order valence-electron chi connectivity index (χ3n) is 0. The molecule has 0 aliphatic rings. The molecule has 1 radical (unpaired) electrons. The van der Waals surface area contributed by atoms with Gasteiger partial charge in [0.2, 0.25) is 0 Å². The molecule has 0 heterocycles. The van der Waals surface area contributed by atoms with Crippen LogP contribution >= 0.6 is 7.82 Å². The fourth-order valence-corrected chi connectivity index (χ4v) is 0. The van der Waals surface area contributed by atoms with Crippen molar-refractivity contribution in [2.45, 2.75) is 0 Å². The molecule has 0 unspecified atom stereocenters. The summed E-state index contributed by atoms with van der Waals surface area (Å²) >= 11 is 0. The number of hydrogen-bond donors (Lipinski definition) is 3. The fraction of sp³-hybridized carbons (Fsp3) is 0. The van der Waals surface area contributed by atoms with E-state index in [4.69, 9.17) is 19.2 Å². The van der Waals surface area contributed by atoms with E-state index in [9.17, 15) is 0 Å². The van der Waals surface area contributed by atoms with Gasteiger partial charge in [0, 0.05) is 50.3 Å². The topological polar surface area (TPSA) is 77.8 Å². The largest absolute Gasteiger partial charge is 0.466 e. The minimum Gasteiger partial charge on any atom is -0.303 e. The van der Waals surface area contributed by atoms with Gasteiger partial charge in [0.25, 0.3) is 0 Å². The first-order valence-electron chi connectivity index (χ1n) is 0.783. The molecule has 0 saturated carbocycles. The van der Waals surface area contributed by atoms with Crippen molar-refractivity contribution in [1.29, 1.82) is 0 Å². The molecule has 4 nitrogen and oxygen atoms in total. The average Bonchev–Trinajstić information content (AvgIpc) is 0.722. The van der Waals surface area contributed by atoms with E-state index in [1.165, 1.54) is 0 Å². The molecule has 0 amide bonds. The fourth-order valence-electron chi connectivity index (χ4n) is 0. The van der Waals surface area contributed by atoms with Crippen LogP contribution in [0, 0.1) is 0 Å². The Kier molecular flexibility index (Phi) is 24.4. The van der Waals surface area contributed by atoms with Crippen LogP contribution in [-0.2, 0) is 54.9 Å². The molecule has 3 N–H and O–H groups in total. The predicted octanol–water partition coefficient (Wildman–Crippen LogP) is -0.936. The Morgan fingerprint density at radius 2 is 1.12 bits per heavy atom. The van der Waals surface area contributed by atoms with Gasteiger partial charge in [-0.3, -0.25) is 0 Å². The van der Waals surface area contributed by atoms with Gasteiger partial charge in [0.05, 0.1) is 0 Å². The number of phosphoric acid groups is 1. The van der Waals surface area contributed by atoms with Crippen molar-refractivity contribution in [1.82, 2.24) is 0 Å². The number of rotatable bonds is 0. The monoisotopic (exact) mass is 271 g/mol. The molecule has 0 atom stereocenters. The van der Waals surface area contributed by atoms with Crippen LogP contribution in [0.25, 0.3) is 0 Å². The minimum atomic E-state index is -4.64. The van der Waals surface area contributed by atoms with Gasteiger partial charge in [-0.25, -0.2) is 4.57 Å². The Bertz CT molecular complexity index is 62.2. The molecule has 0 rings (SSSR count). The van der Waals surface area contributed by atoms with E-state index in [1.807, 2.05) is 0 Å². The molecular weight excluding hydrogens is 268 g/mol. The van der Waals surface area contributed by atoms with Gasteiger partial charge in [-0.05, 0) is 0 Å². The van der Waals surface area contributed by atoms with Crippen LogP contribution in [0.2, 0.25) is 0 Å². The van der Waals surface area contributed by atoms with Crippen LogP contribution in [0.4, 0.5) is 0 Å². The molecule has 0 aromatic rings. The SMILES string of the molecule is O=P(O)(O)O.[Co].[Fe].[Ni]. The summed E-state index contributed by atoms with van der Waals surface area (Å²) in [5.74, 6) is 0. The molecule has 0 aliphatic carbocycles. The van der Waals surface area contributed by atoms with Gasteiger partial charge in [-0.15, -0.1) is 0 Å². The molecule has 59 valence electrons. The second kappa shape index (κ2) is 8.63. The van der Waals surface area contributed by atoms with Gasteiger partial charge in [0.1, 0.15) is 0 Å². The second-order valence-electron chi connectivity index (χ2n) is 0.513. The van der Waals surface area contributed by atoms with Gasteiger partial charge in [0.15, 0.2) is 0 Å². The zero-order chi connectivity index (χ0) is 4.50. The summed E-state index contributed by atoms with van der Waals surface area (Å²) in [5, 5.41) is 0. The predicted molar refractivity (Wildman–Crippen MR) is 14.3 cm³/mol. The van der Waals surface area contributed by atoms with Crippen molar-refractivity contribution >= 4 is 7.82 Å². The van der Waals surface area contributed by atoms with Crippen LogP contribution in [0.3, 0.4) is 0 Å². The summed E-state index contributed by atoms with van der Waals surface area (Å²) in [6, 6.07) is 0. The molecule has 8 heavy (non-hydrogen) atoms. The first-order chi connectivity index (χ1) is 2.00. The summed E-state index contributed by atoms with van der Waals surface area (Å²) in [6.07, 6.45) is 0. The summed E-state index contributed by atoms with van der Waals surface area (Å²) in [4.78, 5) is 21.6. The molecular formula is H3CoFeNiO4P. The Hall–Kier alpha value is 1.63. The van der Waals surface area contributed by atoms with E-state index < -0.39 is 7.82 Å². The van der Waals surface area contributed by atoms with Crippen LogP contribution in [0.15, 0.2) is 0 Å². The summed E-state index contributed by atoms with van der Waals surface area (Å²) < 4.78 is 8.88. The zero-order valence-electron chi connectivity index (χ0n) is 3.20. The van der Waals surface area contributed by atoms with Crippen molar-refractivity contribution in [2.24, 2.45) is 0 Å². The standard InChI is InChI=1S/Co.Fe.Ni.H3O4P/c;;;1-5(2,3)4/h;;;(H3,1,2,3,4). The molecule has 0 saturated heterocycles. The van der Waals surface area contributed by atoms with Crippen molar-refractivity contribution in [3.05, 3.63) is 0 Å². The number of hydrogen-bond acceptors (Lipinski definition) is 1. The maximum atomic E-state index is 8.88. The minimum absolute atomic E-state index is 0. The van der Waals surface area contributed by atoms with E-state index in [1.54, 1.807) is 0 Å². The normalized spacial score (nSPS) is 7.38. The van der Waals surface area contributed by atoms with Gasteiger partial charge in [-0.2, -0.15) is 0 Å². The van der Waals surface area contributed by atoms with Gasteiger partial charge in [-0.1, -0.05) is 0 Å². The quantitative estimate of drug-likeness (QED) is 0.393. The third-order valence-corrected chi connectivity index (χ3v) is 0. The second-order valence-corrected chi connectivity index (χ2v) is 1.54. The molecule has 0 bridgehead atoms. The molecule has 0 spiro atoms. The van der Waals surface area contributed by atoms with Crippen LogP contribution in [0.5, 0.6) is 0 Å². The molecule has 0 fully saturated rings. The smallest absolute Gasteiger partial charge is 0.303 e. The Morgan fingerprint density at radius 3 is 1.12 bits per heavy atom. The van der Waals surface area contributed by atoms with E-state index in [2.05, 4.69) is 0 Å². The Labute approximate surface area is 77.3 Å². The molecule has 8 heteroatoms. The first-order valence-corrected chi connectivity index (χ1v) is 2.35. The van der Waals surface area contributed by atoms with Crippen molar-refractivity contribution in [2.75, 3.05) is 0 Å². The van der Waals surface area contributed by atoms with Crippen molar-refractivity contribution in [3.63, 3.8) is 0 Å². The summed E-state index contributed by atoms with van der Waals surface area (Å²) in [7, 11) is -4.64. The van der Waals surface area contributed by atoms with E-state index in [-0.39, 0.29) is 50.3 Å². The van der Waals surface area contributed by atoms with Crippen LogP contribution < -0.4 is 0 Å². The zero-order valence-corrected chi connectivity index (χ0v) is 7.23. The molecule has 0 aliphatic heterocycles. The summed E-state index contributed by atoms with van der Waals surface area (Å²) in [5.41, 5.74) is 0. The van der Waals surface area contributed by atoms with Crippen LogP contribution in [-0.4, -0.2) is 14.7 Å². The van der Waals surface area contributed by atoms with E-state index >= 15 is 0 Å². The average molecular weight is 271 g/mol. The van der Waals surface area contributed by atoms with Crippen LogP contribution in [0.1, 0.15) is 0 Å². The van der Waals surface area contributed by atoms with E-state index in [0.29, 0.717) is 0 Å².